The van der Waals surface area contributed by atoms with Crippen LogP contribution in [0.1, 0.15) is 67.6 Å². The fourth-order valence-corrected chi connectivity index (χ4v) is 10.5. The number of thioether (sulfide) groups is 1. The van der Waals surface area contributed by atoms with Crippen molar-refractivity contribution in [3.63, 3.8) is 0 Å². The van der Waals surface area contributed by atoms with Crippen LogP contribution in [-0.4, -0.2) is 84.1 Å². The van der Waals surface area contributed by atoms with Gasteiger partial charge in [0.15, 0.2) is 11.5 Å². The molecule has 14 heteroatoms. The predicted octanol–water partition coefficient (Wildman–Crippen LogP) is 10.6. The van der Waals surface area contributed by atoms with Gasteiger partial charge in [-0.2, -0.15) is 0 Å². The van der Waals surface area contributed by atoms with E-state index in [0.717, 1.165) is 52.8 Å². The van der Waals surface area contributed by atoms with Crippen molar-refractivity contribution in [2.24, 2.45) is 22.9 Å². The number of unbranched alkanes of at least 4 members (excludes halogenated alkanes) is 2. The highest BCUT2D eigenvalue weighted by Crippen LogP contribution is 2.62. The molecule has 0 aromatic heterocycles. The highest BCUT2D eigenvalue weighted by molar-refractivity contribution is 7.98. The average molecular weight is 940 g/mol. The molecule has 66 heavy (non-hydrogen) atoms. The van der Waals surface area contributed by atoms with E-state index in [-0.39, 0.29) is 76.4 Å². The van der Waals surface area contributed by atoms with E-state index in [4.69, 9.17) is 50.0 Å². The Morgan fingerprint density at radius 3 is 2.44 bits per heavy atom. The number of oxime groups is 1. The van der Waals surface area contributed by atoms with Gasteiger partial charge >= 0.3 is 6.09 Å². The van der Waals surface area contributed by atoms with Gasteiger partial charge in [0.05, 0.1) is 24.1 Å². The topological polar surface area (TPSA) is 138 Å². The Bertz CT molecular complexity index is 2330. The van der Waals surface area contributed by atoms with Crippen LogP contribution in [0.25, 0.3) is 0 Å². The number of benzene rings is 4. The Morgan fingerprint density at radius 1 is 0.924 bits per heavy atom. The van der Waals surface area contributed by atoms with Crippen LogP contribution in [0.4, 0.5) is 4.79 Å². The van der Waals surface area contributed by atoms with Crippen LogP contribution in [0, 0.1) is 17.8 Å². The van der Waals surface area contributed by atoms with E-state index < -0.39 is 23.8 Å². The van der Waals surface area contributed by atoms with E-state index in [0.29, 0.717) is 47.3 Å². The quantitative estimate of drug-likeness (QED) is 0.0256. The third-order valence-electron chi connectivity index (χ3n) is 12.9. The summed E-state index contributed by atoms with van der Waals surface area (Å²) in [4.78, 5) is 23.8. The summed E-state index contributed by atoms with van der Waals surface area (Å²) in [5.74, 6) is 1.04. The SMILES string of the molecule is C=CCO[C@@]12Oc3ccc(Oc4ccc(SC)cc4)cc3[C@H]3[C@H](CCCCO)[C@@H](CCCCO)C=C(C(=NOCc4ccccc4)C[C@@H]1N(Cc1ccc4c(c1)OCO4)C(=O)OCCCl)[C@H]32. The second-order valence-electron chi connectivity index (χ2n) is 16.9. The molecule has 4 aromatic carbocycles. The molecule has 350 valence electrons. The van der Waals surface area contributed by atoms with Gasteiger partial charge in [0.2, 0.25) is 12.6 Å². The highest BCUT2D eigenvalue weighted by atomic mass is 35.5. The smallest absolute Gasteiger partial charge is 0.410 e. The normalized spacial score (nSPS) is 22.9. The minimum atomic E-state index is -1.51. The molecule has 12 nitrogen and oxygen atoms in total. The lowest BCUT2D eigenvalue weighted by Gasteiger charge is -2.59. The zero-order valence-electron chi connectivity index (χ0n) is 37.4. The molecule has 0 bridgehead atoms. The van der Waals surface area contributed by atoms with E-state index >= 15 is 0 Å². The van der Waals surface area contributed by atoms with Gasteiger partial charge in [-0.25, -0.2) is 4.79 Å². The maximum atomic E-state index is 14.7. The summed E-state index contributed by atoms with van der Waals surface area (Å²) >= 11 is 7.82. The first-order valence-electron chi connectivity index (χ1n) is 22.8. The molecular formula is C52H59ClN2O10S. The fourth-order valence-electron chi connectivity index (χ4n) is 10.00. The lowest BCUT2D eigenvalue weighted by atomic mass is 9.55. The number of amides is 1. The number of hydrogen-bond donors (Lipinski definition) is 2. The maximum absolute atomic E-state index is 14.7. The minimum absolute atomic E-state index is 0.0153. The molecule has 2 aliphatic heterocycles. The molecular weight excluding hydrogens is 880 g/mol. The van der Waals surface area contributed by atoms with Crippen LogP contribution in [-0.2, 0) is 27.5 Å². The van der Waals surface area contributed by atoms with Crippen LogP contribution in [0.15, 0.2) is 125 Å². The lowest BCUT2D eigenvalue weighted by molar-refractivity contribution is -0.256. The first-order valence-corrected chi connectivity index (χ1v) is 24.6. The van der Waals surface area contributed by atoms with E-state index in [1.165, 1.54) is 0 Å². The summed E-state index contributed by atoms with van der Waals surface area (Å²) in [5.41, 5.74) is 4.26. The van der Waals surface area contributed by atoms with E-state index in [2.05, 4.69) is 18.7 Å². The summed E-state index contributed by atoms with van der Waals surface area (Å²) in [5, 5.41) is 25.0. The number of ether oxygens (including phenoxy) is 6. The minimum Gasteiger partial charge on any atom is -0.459 e. The van der Waals surface area contributed by atoms with Crippen molar-refractivity contribution in [1.82, 2.24) is 4.90 Å². The number of hydrogen-bond acceptors (Lipinski definition) is 12. The fraction of sp³-hybridized carbons (Fsp3) is 0.423. The zero-order chi connectivity index (χ0) is 45.9. The van der Waals surface area contributed by atoms with Gasteiger partial charge in [-0.05, 0) is 115 Å². The Kier molecular flexibility index (Phi) is 16.2. The van der Waals surface area contributed by atoms with Gasteiger partial charge < -0.3 is 43.5 Å². The molecule has 1 fully saturated rings. The number of carbonyl (C=O) groups excluding carboxylic acids is 1. The summed E-state index contributed by atoms with van der Waals surface area (Å²) in [7, 11) is 0. The lowest BCUT2D eigenvalue weighted by Crippen LogP contribution is -2.70. The van der Waals surface area contributed by atoms with E-state index in [1.54, 1.807) is 22.7 Å². The Labute approximate surface area is 396 Å². The van der Waals surface area contributed by atoms with Crippen molar-refractivity contribution < 1.29 is 48.3 Å². The number of fused-ring (bicyclic) bond motifs is 3. The molecule has 4 aliphatic rings. The van der Waals surface area contributed by atoms with Gasteiger partial charge in [-0.15, -0.1) is 29.9 Å². The standard InChI is InChI=1S/C52H59ClN2O10S/c1-3-26-62-52-48(55(51(58)59-27-23-53)32-36-15-21-46-47(28-36)61-34-60-46)31-44(54-63-33-35-11-5-4-6-12-35)42-29-37(13-7-9-24-56)41(14-8-10-25-57)49(50(42)52)43-30-39(18-22-45(43)65-52)64-38-16-19-40(66-2)20-17-38/h3-6,11-12,15-22,28-30,37,41,48-50,56-57H,1,7-10,13-14,23-27,31-34H2,2H3/t37-,41+,48-,49+,50+,52+/m0/s1. The van der Waals surface area contributed by atoms with Crippen molar-refractivity contribution in [2.45, 2.75) is 80.7 Å². The summed E-state index contributed by atoms with van der Waals surface area (Å²) in [6.07, 6.45) is 10.1. The molecule has 0 radical (unpaired) electrons. The van der Waals surface area contributed by atoms with Gasteiger partial charge in [0.25, 0.3) is 0 Å². The number of rotatable bonds is 22. The molecule has 4 aromatic rings. The highest BCUT2D eigenvalue weighted by Gasteiger charge is 2.65. The van der Waals surface area contributed by atoms with E-state index in [9.17, 15) is 15.0 Å². The molecule has 6 atom stereocenters. The zero-order valence-corrected chi connectivity index (χ0v) is 38.9. The molecule has 0 unspecified atom stereocenters. The number of aliphatic hydroxyl groups excluding tert-OH is 2. The summed E-state index contributed by atoms with van der Waals surface area (Å²) in [6, 6.07) is 28.6. The Balaban J connectivity index is 1.32. The van der Waals surface area contributed by atoms with Crippen molar-refractivity contribution in [1.29, 1.82) is 0 Å². The predicted molar refractivity (Wildman–Crippen MR) is 255 cm³/mol. The average Bonchev–Trinajstić information content (AvgIpc) is 3.82. The largest absolute Gasteiger partial charge is 0.459 e. The van der Waals surface area contributed by atoms with Gasteiger partial charge in [-0.1, -0.05) is 66.5 Å². The van der Waals surface area contributed by atoms with Crippen LogP contribution >= 0.6 is 23.4 Å². The maximum Gasteiger partial charge on any atom is 0.410 e. The number of carbonyl (C=O) groups is 1. The number of allylic oxidation sites excluding steroid dienone is 1. The van der Waals surface area contributed by atoms with Crippen molar-refractivity contribution in [3.8, 4) is 28.7 Å². The number of aliphatic hydroxyl groups is 2. The van der Waals surface area contributed by atoms with Crippen molar-refractivity contribution in [2.75, 3.05) is 45.4 Å². The van der Waals surface area contributed by atoms with Crippen LogP contribution < -0.4 is 18.9 Å². The second-order valence-corrected chi connectivity index (χ2v) is 18.2. The molecule has 1 saturated carbocycles. The number of nitrogens with zero attached hydrogens (tertiary/aromatic N) is 2. The number of alkyl halides is 1. The molecule has 2 heterocycles. The van der Waals surface area contributed by atoms with Gasteiger partial charge in [0, 0.05) is 42.6 Å². The molecule has 0 spiro atoms. The van der Waals surface area contributed by atoms with Crippen molar-refractivity contribution >= 4 is 35.2 Å². The van der Waals surface area contributed by atoms with Crippen LogP contribution in [0.5, 0.6) is 28.7 Å². The molecule has 0 saturated heterocycles. The first kappa shape index (κ1) is 47.3. The first-order chi connectivity index (χ1) is 32.4. The van der Waals surface area contributed by atoms with Gasteiger partial charge in [0.1, 0.15) is 36.5 Å². The summed E-state index contributed by atoms with van der Waals surface area (Å²) in [6.45, 7) is 4.76. The van der Waals surface area contributed by atoms with Crippen LogP contribution in [0.2, 0.25) is 0 Å². The molecule has 2 N–H and O–H groups in total. The molecule has 8 rings (SSSR count). The molecule has 1 amide bonds. The Morgan fingerprint density at radius 2 is 1.68 bits per heavy atom. The number of halogens is 1. The second kappa shape index (κ2) is 22.5. The third-order valence-corrected chi connectivity index (χ3v) is 13.8. The Hall–Kier alpha value is -5.18. The van der Waals surface area contributed by atoms with Crippen molar-refractivity contribution in [3.05, 3.63) is 132 Å². The third kappa shape index (κ3) is 10.5. The van der Waals surface area contributed by atoms with Gasteiger partial charge in [-0.3, -0.25) is 4.90 Å². The van der Waals surface area contributed by atoms with Crippen LogP contribution in [0.3, 0.4) is 0 Å². The molecule has 2 aliphatic carbocycles. The monoisotopic (exact) mass is 938 g/mol. The summed E-state index contributed by atoms with van der Waals surface area (Å²) < 4.78 is 38.5. The van der Waals surface area contributed by atoms with E-state index in [1.807, 2.05) is 91.2 Å².